The van der Waals surface area contributed by atoms with Crippen LogP contribution >= 0.6 is 11.6 Å². The third kappa shape index (κ3) is 2.11. The Bertz CT molecular complexity index is 370. The number of rotatable bonds is 3. The second-order valence-corrected chi connectivity index (χ2v) is 4.50. The van der Waals surface area contributed by atoms with Gasteiger partial charge >= 0.3 is 0 Å². The van der Waals surface area contributed by atoms with Gasteiger partial charge in [-0.1, -0.05) is 17.7 Å². The van der Waals surface area contributed by atoms with Crippen molar-refractivity contribution in [3.63, 3.8) is 0 Å². The standard InChI is InChI=1S/C12H17ClN2O/c1-15-9(4-3-7-14)8-16-12-10(13)5-2-6-11(12)15/h2,5-6,9H,3-4,7-8,14H2,1H3. The molecule has 0 fully saturated rings. The van der Waals surface area contributed by atoms with Gasteiger partial charge < -0.3 is 15.4 Å². The number of fused-ring (bicyclic) bond motifs is 1. The van der Waals surface area contributed by atoms with Gasteiger partial charge in [-0.05, 0) is 31.5 Å². The molecule has 1 unspecified atom stereocenters. The lowest BCUT2D eigenvalue weighted by Crippen LogP contribution is -2.40. The fourth-order valence-electron chi connectivity index (χ4n) is 2.04. The summed E-state index contributed by atoms with van der Waals surface area (Å²) in [5, 5.41) is 0.682. The third-order valence-electron chi connectivity index (χ3n) is 3.04. The average molecular weight is 241 g/mol. The number of para-hydroxylation sites is 1. The molecule has 1 aromatic rings. The lowest BCUT2D eigenvalue weighted by atomic mass is 10.1. The zero-order valence-corrected chi connectivity index (χ0v) is 10.2. The van der Waals surface area contributed by atoms with Crippen LogP contribution in [0.15, 0.2) is 18.2 Å². The number of anilines is 1. The summed E-state index contributed by atoms with van der Waals surface area (Å²) in [4.78, 5) is 2.24. The first-order valence-electron chi connectivity index (χ1n) is 5.58. The second-order valence-electron chi connectivity index (χ2n) is 4.09. The highest BCUT2D eigenvalue weighted by atomic mass is 35.5. The van der Waals surface area contributed by atoms with E-state index in [1.807, 2.05) is 18.2 Å². The highest BCUT2D eigenvalue weighted by molar-refractivity contribution is 6.32. The average Bonchev–Trinajstić information content (AvgIpc) is 2.29. The van der Waals surface area contributed by atoms with E-state index in [1.165, 1.54) is 0 Å². The second kappa shape index (κ2) is 4.93. The SMILES string of the molecule is CN1c2cccc(Cl)c2OCC1CCCN. The maximum absolute atomic E-state index is 6.09. The van der Waals surface area contributed by atoms with Gasteiger partial charge in [0, 0.05) is 7.05 Å². The van der Waals surface area contributed by atoms with Crippen LogP contribution in [0.4, 0.5) is 5.69 Å². The number of ether oxygens (including phenoxy) is 1. The van der Waals surface area contributed by atoms with E-state index in [0.717, 1.165) is 30.8 Å². The fourth-order valence-corrected chi connectivity index (χ4v) is 2.26. The number of hydrogen-bond donors (Lipinski definition) is 1. The van der Waals surface area contributed by atoms with Crippen LogP contribution in [0.5, 0.6) is 5.75 Å². The number of benzene rings is 1. The smallest absolute Gasteiger partial charge is 0.161 e. The minimum atomic E-state index is 0.398. The molecule has 3 nitrogen and oxygen atoms in total. The molecule has 0 amide bonds. The number of nitrogens with two attached hydrogens (primary N) is 1. The normalized spacial score (nSPS) is 19.2. The number of halogens is 1. The van der Waals surface area contributed by atoms with E-state index >= 15 is 0 Å². The summed E-state index contributed by atoms with van der Waals surface area (Å²) in [6, 6.07) is 6.24. The summed E-state index contributed by atoms with van der Waals surface area (Å²) in [6.07, 6.45) is 2.08. The molecule has 1 aromatic carbocycles. The van der Waals surface area contributed by atoms with E-state index in [1.54, 1.807) is 0 Å². The molecule has 0 saturated heterocycles. The van der Waals surface area contributed by atoms with E-state index in [-0.39, 0.29) is 0 Å². The van der Waals surface area contributed by atoms with Crippen molar-refractivity contribution in [2.75, 3.05) is 25.1 Å². The summed E-state index contributed by atoms with van der Waals surface area (Å²) in [6.45, 7) is 1.42. The molecule has 2 N–H and O–H groups in total. The van der Waals surface area contributed by atoms with Crippen molar-refractivity contribution in [1.82, 2.24) is 0 Å². The molecule has 0 radical (unpaired) electrons. The molecule has 16 heavy (non-hydrogen) atoms. The van der Waals surface area contributed by atoms with Crippen LogP contribution in [-0.4, -0.2) is 26.2 Å². The molecular weight excluding hydrogens is 224 g/mol. The molecule has 1 heterocycles. The predicted molar refractivity (Wildman–Crippen MR) is 67.4 cm³/mol. The summed E-state index contributed by atoms with van der Waals surface area (Å²) in [5.41, 5.74) is 6.60. The molecule has 88 valence electrons. The van der Waals surface area contributed by atoms with Gasteiger partial charge in [-0.25, -0.2) is 0 Å². The Morgan fingerprint density at radius 1 is 1.56 bits per heavy atom. The summed E-state index contributed by atoms with van der Waals surface area (Å²) >= 11 is 6.09. The van der Waals surface area contributed by atoms with Crippen molar-refractivity contribution < 1.29 is 4.74 Å². The van der Waals surface area contributed by atoms with Crippen molar-refractivity contribution in [2.45, 2.75) is 18.9 Å². The minimum absolute atomic E-state index is 0.398. The Morgan fingerprint density at radius 2 is 2.38 bits per heavy atom. The van der Waals surface area contributed by atoms with Gasteiger partial charge in [-0.15, -0.1) is 0 Å². The first-order valence-corrected chi connectivity index (χ1v) is 5.96. The Morgan fingerprint density at radius 3 is 3.12 bits per heavy atom. The van der Waals surface area contributed by atoms with Crippen molar-refractivity contribution in [3.8, 4) is 5.75 Å². The summed E-state index contributed by atoms with van der Waals surface area (Å²) < 4.78 is 5.72. The van der Waals surface area contributed by atoms with Crippen LogP contribution < -0.4 is 15.4 Å². The molecule has 1 atom stereocenters. The van der Waals surface area contributed by atoms with Gasteiger partial charge in [0.2, 0.25) is 0 Å². The summed E-state index contributed by atoms with van der Waals surface area (Å²) in [5.74, 6) is 0.802. The molecule has 0 saturated carbocycles. The van der Waals surface area contributed by atoms with E-state index < -0.39 is 0 Å². The van der Waals surface area contributed by atoms with E-state index in [2.05, 4.69) is 11.9 Å². The third-order valence-corrected chi connectivity index (χ3v) is 3.33. The highest BCUT2D eigenvalue weighted by Crippen LogP contribution is 2.39. The Hall–Kier alpha value is -0.930. The summed E-state index contributed by atoms with van der Waals surface area (Å²) in [7, 11) is 2.08. The molecule has 1 aliphatic heterocycles. The molecule has 0 aromatic heterocycles. The van der Waals surface area contributed by atoms with Crippen LogP contribution in [0.3, 0.4) is 0 Å². The topological polar surface area (TPSA) is 38.5 Å². The zero-order valence-electron chi connectivity index (χ0n) is 9.45. The Balaban J connectivity index is 2.18. The first-order chi connectivity index (χ1) is 7.74. The van der Waals surface area contributed by atoms with Gasteiger partial charge in [0.15, 0.2) is 5.75 Å². The molecule has 0 spiro atoms. The number of hydrogen-bond acceptors (Lipinski definition) is 3. The van der Waals surface area contributed by atoms with Crippen molar-refractivity contribution >= 4 is 17.3 Å². The molecule has 1 aliphatic rings. The van der Waals surface area contributed by atoms with Crippen LogP contribution in [0.1, 0.15) is 12.8 Å². The molecule has 2 rings (SSSR count). The Labute approximate surface area is 101 Å². The van der Waals surface area contributed by atoms with Crippen LogP contribution in [-0.2, 0) is 0 Å². The van der Waals surface area contributed by atoms with E-state index in [9.17, 15) is 0 Å². The maximum Gasteiger partial charge on any atom is 0.161 e. The lowest BCUT2D eigenvalue weighted by molar-refractivity contribution is 0.259. The maximum atomic E-state index is 6.09. The van der Waals surface area contributed by atoms with Gasteiger partial charge in [0.1, 0.15) is 6.61 Å². The molecule has 0 aliphatic carbocycles. The number of nitrogens with zero attached hydrogens (tertiary/aromatic N) is 1. The monoisotopic (exact) mass is 240 g/mol. The quantitative estimate of drug-likeness (QED) is 0.881. The highest BCUT2D eigenvalue weighted by Gasteiger charge is 2.25. The lowest BCUT2D eigenvalue weighted by Gasteiger charge is -2.36. The molecular formula is C12H17ClN2O. The molecule has 0 bridgehead atoms. The molecule has 4 heteroatoms. The Kier molecular flexibility index (Phi) is 3.56. The van der Waals surface area contributed by atoms with Crippen molar-refractivity contribution in [1.29, 1.82) is 0 Å². The van der Waals surface area contributed by atoms with Crippen LogP contribution in [0.2, 0.25) is 5.02 Å². The fraction of sp³-hybridized carbons (Fsp3) is 0.500. The van der Waals surface area contributed by atoms with E-state index in [0.29, 0.717) is 17.7 Å². The van der Waals surface area contributed by atoms with Crippen LogP contribution in [0, 0.1) is 0 Å². The van der Waals surface area contributed by atoms with Gasteiger partial charge in [0.05, 0.1) is 16.8 Å². The van der Waals surface area contributed by atoms with Gasteiger partial charge in [-0.3, -0.25) is 0 Å². The largest absolute Gasteiger partial charge is 0.488 e. The van der Waals surface area contributed by atoms with Gasteiger partial charge in [-0.2, -0.15) is 0 Å². The van der Waals surface area contributed by atoms with E-state index in [4.69, 9.17) is 22.1 Å². The van der Waals surface area contributed by atoms with Crippen molar-refractivity contribution in [2.24, 2.45) is 5.73 Å². The van der Waals surface area contributed by atoms with Gasteiger partial charge in [0.25, 0.3) is 0 Å². The van der Waals surface area contributed by atoms with Crippen LogP contribution in [0.25, 0.3) is 0 Å². The minimum Gasteiger partial charge on any atom is -0.488 e. The van der Waals surface area contributed by atoms with Crippen molar-refractivity contribution in [3.05, 3.63) is 23.2 Å². The zero-order chi connectivity index (χ0) is 11.5. The number of likely N-dealkylation sites (N-methyl/N-ethyl adjacent to an activating group) is 1. The predicted octanol–water partition coefficient (Wildman–Crippen LogP) is 2.28. The first kappa shape index (κ1) is 11.6.